The molecule has 1 aromatic heterocycles. The molecule has 1 atom stereocenters. The Hall–Kier alpha value is -1.00. The Kier molecular flexibility index (Phi) is 4.61. The quantitative estimate of drug-likeness (QED) is 0.738. The fraction of sp³-hybridized carbons (Fsp3) is 0.812. The zero-order valence-corrected chi connectivity index (χ0v) is 15.4. The molecule has 1 spiro atoms. The maximum Gasteiger partial charge on any atom is 0.262 e. The third kappa shape index (κ3) is 3.48. The van der Waals surface area contributed by atoms with E-state index in [-0.39, 0.29) is 10.6 Å². The minimum Gasteiger partial charge on any atom is -0.379 e. The molecule has 1 unspecified atom stereocenters. The van der Waals surface area contributed by atoms with Crippen LogP contribution in [0.15, 0.2) is 17.6 Å². The van der Waals surface area contributed by atoms with Crippen molar-refractivity contribution in [3.8, 4) is 0 Å². The van der Waals surface area contributed by atoms with Gasteiger partial charge in [0.2, 0.25) is 0 Å². The van der Waals surface area contributed by atoms with Gasteiger partial charge in [0.25, 0.3) is 10.0 Å². The summed E-state index contributed by atoms with van der Waals surface area (Å²) < 4.78 is 39.8. The van der Waals surface area contributed by atoms with Crippen molar-refractivity contribution in [1.29, 1.82) is 0 Å². The van der Waals surface area contributed by atoms with Crippen LogP contribution in [0.4, 0.5) is 0 Å². The van der Waals surface area contributed by atoms with Gasteiger partial charge in [-0.2, -0.15) is 4.31 Å². The normalized spacial score (nSPS) is 28.1. The molecule has 1 aromatic rings. The van der Waals surface area contributed by atoms with Gasteiger partial charge in [0, 0.05) is 46.0 Å². The summed E-state index contributed by atoms with van der Waals surface area (Å²) in [6.45, 7) is 6.28. The Bertz CT molecular complexity index is 697. The lowest BCUT2D eigenvalue weighted by molar-refractivity contribution is -0.160. The van der Waals surface area contributed by atoms with Crippen LogP contribution in [0.25, 0.3) is 0 Å². The second-order valence-corrected chi connectivity index (χ2v) is 9.35. The van der Waals surface area contributed by atoms with E-state index in [4.69, 9.17) is 9.47 Å². The van der Waals surface area contributed by atoms with E-state index in [0.717, 1.165) is 52.3 Å². The molecule has 0 amide bonds. The molecule has 0 aromatic carbocycles. The van der Waals surface area contributed by atoms with Crippen LogP contribution in [0.5, 0.6) is 0 Å². The molecule has 9 heteroatoms. The molecule has 8 nitrogen and oxygen atoms in total. The number of aromatic nitrogens is 2. The second kappa shape index (κ2) is 6.62. The number of nitrogens with zero attached hydrogens (tertiary/aromatic N) is 4. The van der Waals surface area contributed by atoms with Gasteiger partial charge in [-0.05, 0) is 18.8 Å². The van der Waals surface area contributed by atoms with Gasteiger partial charge in [0.15, 0.2) is 5.03 Å². The highest BCUT2D eigenvalue weighted by molar-refractivity contribution is 7.89. The zero-order chi connectivity index (χ0) is 17.5. The lowest BCUT2D eigenvalue weighted by Gasteiger charge is -2.52. The van der Waals surface area contributed by atoms with Crippen LogP contribution >= 0.6 is 0 Å². The summed E-state index contributed by atoms with van der Waals surface area (Å²) in [5.74, 6) is 0.533. The first-order valence-electron chi connectivity index (χ1n) is 8.89. The van der Waals surface area contributed by atoms with E-state index in [1.807, 2.05) is 0 Å². The summed E-state index contributed by atoms with van der Waals surface area (Å²) in [5.41, 5.74) is -0.288. The van der Waals surface area contributed by atoms with Gasteiger partial charge in [0.1, 0.15) is 0 Å². The summed E-state index contributed by atoms with van der Waals surface area (Å²) in [7, 11) is -1.73. The smallest absolute Gasteiger partial charge is 0.262 e. The Morgan fingerprint density at radius 2 is 2.08 bits per heavy atom. The molecular formula is C16H26N4O4S. The maximum atomic E-state index is 12.6. The number of hydrogen-bond donors (Lipinski definition) is 0. The topological polar surface area (TPSA) is 76.9 Å². The van der Waals surface area contributed by atoms with Crippen molar-refractivity contribution in [2.45, 2.75) is 23.5 Å². The summed E-state index contributed by atoms with van der Waals surface area (Å²) in [5, 5.41) is 0.117. The SMILES string of the molecule is Cn1cnc(S(=O)(=O)N2CC3(CCC(CN4CCOCC4)CO3)C2)c1. The van der Waals surface area contributed by atoms with Crippen LogP contribution < -0.4 is 0 Å². The molecule has 0 saturated carbocycles. The van der Waals surface area contributed by atoms with E-state index < -0.39 is 10.0 Å². The molecule has 0 bridgehead atoms. The van der Waals surface area contributed by atoms with Crippen molar-refractivity contribution in [2.24, 2.45) is 13.0 Å². The average Bonchev–Trinajstić information content (AvgIpc) is 3.02. The summed E-state index contributed by atoms with van der Waals surface area (Å²) in [4.78, 5) is 6.42. The summed E-state index contributed by atoms with van der Waals surface area (Å²) >= 11 is 0. The zero-order valence-electron chi connectivity index (χ0n) is 14.6. The molecule has 4 heterocycles. The molecule has 4 rings (SSSR count). The predicted molar refractivity (Wildman–Crippen MR) is 90.6 cm³/mol. The van der Waals surface area contributed by atoms with Crippen LogP contribution in [0, 0.1) is 5.92 Å². The van der Waals surface area contributed by atoms with E-state index in [1.54, 1.807) is 17.8 Å². The summed E-state index contributed by atoms with van der Waals surface area (Å²) in [6.07, 6.45) is 5.07. The van der Waals surface area contributed by atoms with Crippen molar-refractivity contribution in [1.82, 2.24) is 18.8 Å². The van der Waals surface area contributed by atoms with Gasteiger partial charge >= 0.3 is 0 Å². The Labute approximate surface area is 148 Å². The molecule has 3 fully saturated rings. The summed E-state index contributed by atoms with van der Waals surface area (Å²) in [6, 6.07) is 0. The Balaban J connectivity index is 1.29. The third-order valence-corrected chi connectivity index (χ3v) is 7.15. The highest BCUT2D eigenvalue weighted by Crippen LogP contribution is 2.38. The van der Waals surface area contributed by atoms with E-state index in [1.165, 1.54) is 10.6 Å². The number of rotatable bonds is 4. The highest BCUT2D eigenvalue weighted by atomic mass is 32.2. The molecule has 0 radical (unpaired) electrons. The number of morpholine rings is 1. The number of hydrogen-bond acceptors (Lipinski definition) is 6. The van der Waals surface area contributed by atoms with Gasteiger partial charge in [-0.3, -0.25) is 4.90 Å². The first-order valence-corrected chi connectivity index (χ1v) is 10.3. The fourth-order valence-corrected chi connectivity index (χ4v) is 5.44. The van der Waals surface area contributed by atoms with Crippen molar-refractivity contribution >= 4 is 10.0 Å². The molecule has 0 N–H and O–H groups in total. The molecule has 140 valence electrons. The molecule has 3 saturated heterocycles. The molecule has 25 heavy (non-hydrogen) atoms. The van der Waals surface area contributed by atoms with Crippen LogP contribution in [-0.2, 0) is 26.5 Å². The van der Waals surface area contributed by atoms with Crippen LogP contribution in [0.3, 0.4) is 0 Å². The number of aryl methyl sites for hydroxylation is 1. The van der Waals surface area contributed by atoms with Gasteiger partial charge in [-0.15, -0.1) is 0 Å². The fourth-order valence-electron chi connectivity index (χ4n) is 3.88. The van der Waals surface area contributed by atoms with Crippen molar-refractivity contribution in [3.05, 3.63) is 12.5 Å². The molecular weight excluding hydrogens is 344 g/mol. The Morgan fingerprint density at radius 3 is 2.68 bits per heavy atom. The van der Waals surface area contributed by atoms with E-state index in [9.17, 15) is 8.42 Å². The van der Waals surface area contributed by atoms with E-state index >= 15 is 0 Å². The molecule has 3 aliphatic rings. The third-order valence-electron chi connectivity index (χ3n) is 5.47. The van der Waals surface area contributed by atoms with Gasteiger partial charge < -0.3 is 14.0 Å². The van der Waals surface area contributed by atoms with E-state index in [2.05, 4.69) is 9.88 Å². The number of sulfonamides is 1. The number of ether oxygens (including phenoxy) is 2. The molecule has 3 aliphatic heterocycles. The lowest BCUT2D eigenvalue weighted by Crippen LogP contribution is -2.66. The second-order valence-electron chi connectivity index (χ2n) is 7.46. The van der Waals surface area contributed by atoms with E-state index in [0.29, 0.717) is 19.0 Å². The predicted octanol–water partition coefficient (Wildman–Crippen LogP) is -0.0780. The highest BCUT2D eigenvalue weighted by Gasteiger charge is 2.51. The molecule has 0 aliphatic carbocycles. The lowest BCUT2D eigenvalue weighted by atomic mass is 9.84. The number of imidazole rings is 1. The van der Waals surface area contributed by atoms with Crippen LogP contribution in [-0.4, -0.2) is 85.3 Å². The minimum atomic E-state index is -3.49. The Morgan fingerprint density at radius 1 is 1.32 bits per heavy atom. The van der Waals surface area contributed by atoms with Gasteiger partial charge in [0.05, 0.1) is 31.7 Å². The minimum absolute atomic E-state index is 0.117. The van der Waals surface area contributed by atoms with Crippen LogP contribution in [0.2, 0.25) is 0 Å². The van der Waals surface area contributed by atoms with Crippen molar-refractivity contribution in [3.63, 3.8) is 0 Å². The standard InChI is InChI=1S/C16H26N4O4S/c1-18-9-15(17-13-18)25(21,22)20-11-16(12-20)3-2-14(10-24-16)8-19-4-6-23-7-5-19/h9,13-14H,2-8,10-12H2,1H3. The van der Waals surface area contributed by atoms with Gasteiger partial charge in [-0.1, -0.05) is 0 Å². The van der Waals surface area contributed by atoms with Crippen LogP contribution in [0.1, 0.15) is 12.8 Å². The first kappa shape index (κ1) is 17.4. The average molecular weight is 370 g/mol. The van der Waals surface area contributed by atoms with Crippen molar-refractivity contribution in [2.75, 3.05) is 52.5 Å². The largest absolute Gasteiger partial charge is 0.379 e. The van der Waals surface area contributed by atoms with Gasteiger partial charge in [-0.25, -0.2) is 13.4 Å². The maximum absolute atomic E-state index is 12.6. The monoisotopic (exact) mass is 370 g/mol. The van der Waals surface area contributed by atoms with Crippen molar-refractivity contribution < 1.29 is 17.9 Å². The first-order chi connectivity index (χ1) is 12.0.